The van der Waals surface area contributed by atoms with E-state index in [1.54, 1.807) is 32.9 Å². The minimum absolute atomic E-state index is 0.0549. The Labute approximate surface area is 213 Å². The maximum absolute atomic E-state index is 12.3. The molecule has 1 atom stereocenters. The molecule has 0 saturated carbocycles. The van der Waals surface area contributed by atoms with Crippen LogP contribution in [0.15, 0.2) is 35.6 Å². The molecule has 1 unspecified atom stereocenters. The highest BCUT2D eigenvalue weighted by atomic mass is 32.2. The van der Waals surface area contributed by atoms with Crippen LogP contribution in [0.1, 0.15) is 96.4 Å². The smallest absolute Gasteiger partial charge is 0.452 e. The molecule has 2 rings (SSSR count). The van der Waals surface area contributed by atoms with Gasteiger partial charge in [0, 0.05) is 18.6 Å². The van der Waals surface area contributed by atoms with Crippen LogP contribution in [0.5, 0.6) is 0 Å². The molecule has 0 aromatic carbocycles. The van der Waals surface area contributed by atoms with Crippen LogP contribution >= 0.6 is 11.9 Å². The van der Waals surface area contributed by atoms with Crippen LogP contribution in [0, 0.1) is 0 Å². The molecule has 2 N–H and O–H groups in total. The van der Waals surface area contributed by atoms with Crippen molar-refractivity contribution in [2.24, 2.45) is 5.14 Å². The van der Waals surface area contributed by atoms with E-state index in [1.165, 1.54) is 11.9 Å². The summed E-state index contributed by atoms with van der Waals surface area (Å²) >= 11 is 1.38. The summed E-state index contributed by atoms with van der Waals surface area (Å²) in [7, 11) is -0.340. The highest BCUT2D eigenvalue weighted by Gasteiger charge is 2.52. The van der Waals surface area contributed by atoms with Gasteiger partial charge in [0.1, 0.15) is 5.76 Å². The minimum atomic E-state index is -1.01. The van der Waals surface area contributed by atoms with Crippen LogP contribution in [-0.4, -0.2) is 34.8 Å². The summed E-state index contributed by atoms with van der Waals surface area (Å²) in [5.74, 6) is -0.825. The third kappa shape index (κ3) is 9.10. The highest BCUT2D eigenvalue weighted by Crippen LogP contribution is 2.42. The Bertz CT molecular complexity index is 750. The third-order valence-electron chi connectivity index (χ3n) is 5.61. The fraction of sp³-hybridized carbons (Fsp3) is 0.731. The van der Waals surface area contributed by atoms with Crippen LogP contribution in [0.25, 0.3) is 0 Å². The van der Waals surface area contributed by atoms with Gasteiger partial charge in [-0.15, -0.1) is 0 Å². The topological polar surface area (TPSA) is 80.0 Å². The van der Waals surface area contributed by atoms with E-state index in [0.717, 1.165) is 5.57 Å². The van der Waals surface area contributed by atoms with Gasteiger partial charge in [0.15, 0.2) is 0 Å². The number of hydrogen-bond donors (Lipinski definition) is 1. The Kier molecular flexibility index (Phi) is 12.2. The van der Waals surface area contributed by atoms with E-state index in [9.17, 15) is 4.79 Å². The molecule has 34 heavy (non-hydrogen) atoms. The average molecular weight is 498 g/mol. The van der Waals surface area contributed by atoms with Crippen molar-refractivity contribution >= 4 is 25.0 Å². The second-order valence-electron chi connectivity index (χ2n) is 10.7. The molecule has 8 heteroatoms. The fourth-order valence-electron chi connectivity index (χ4n) is 3.01. The molecule has 2 heterocycles. The van der Waals surface area contributed by atoms with Gasteiger partial charge in [0.25, 0.3) is 0 Å². The number of nitrogens with two attached hydrogens (primary N) is 1. The number of cyclic esters (lactones) is 1. The number of ether oxygens (including phenoxy) is 2. The Morgan fingerprint density at radius 2 is 1.53 bits per heavy atom. The number of carbonyl (C=O) groups is 1. The molecule has 0 spiro atoms. The monoisotopic (exact) mass is 497 g/mol. The van der Waals surface area contributed by atoms with Gasteiger partial charge in [0.05, 0.1) is 16.8 Å². The molecule has 2 saturated heterocycles. The zero-order valence-corrected chi connectivity index (χ0v) is 24.6. The van der Waals surface area contributed by atoms with E-state index in [1.807, 2.05) is 41.5 Å². The molecule has 0 amide bonds. The normalized spacial score (nSPS) is 24.0. The SMILES string of the molecule is C=C/C(CC(C)B1OC(C)(C)C(C)(C)O1)=C1/OC(C)(C)OC(=O)/C1=C/C.CC.CC(C)(C)SN. The van der Waals surface area contributed by atoms with Crippen molar-refractivity contribution in [3.05, 3.63) is 35.6 Å². The van der Waals surface area contributed by atoms with Gasteiger partial charge in [0.2, 0.25) is 5.79 Å². The largest absolute Gasteiger partial charge is 0.461 e. The molecular weight excluding hydrogens is 449 g/mol. The van der Waals surface area contributed by atoms with Crippen molar-refractivity contribution in [2.75, 3.05) is 0 Å². The van der Waals surface area contributed by atoms with Crippen LogP contribution in [0.4, 0.5) is 0 Å². The lowest BCUT2D eigenvalue weighted by molar-refractivity contribution is -0.208. The summed E-state index contributed by atoms with van der Waals surface area (Å²) in [5.41, 5.74) is 0.495. The number of rotatable bonds is 4. The van der Waals surface area contributed by atoms with E-state index in [0.29, 0.717) is 17.8 Å². The molecule has 2 fully saturated rings. The Balaban J connectivity index is 0.00000118. The van der Waals surface area contributed by atoms with Gasteiger partial charge in [-0.3, -0.25) is 5.14 Å². The Morgan fingerprint density at radius 3 is 1.88 bits per heavy atom. The summed E-state index contributed by atoms with van der Waals surface area (Å²) < 4.78 is 23.8. The van der Waals surface area contributed by atoms with Crippen molar-refractivity contribution < 1.29 is 23.6 Å². The van der Waals surface area contributed by atoms with Crippen molar-refractivity contribution in [1.29, 1.82) is 0 Å². The molecule has 0 aromatic rings. The quantitative estimate of drug-likeness (QED) is 0.194. The molecular formula is C26H48BNO5S. The predicted octanol–water partition coefficient (Wildman–Crippen LogP) is 6.97. The van der Waals surface area contributed by atoms with Crippen LogP contribution in [0.3, 0.4) is 0 Å². The Hall–Kier alpha value is -1.22. The van der Waals surface area contributed by atoms with Crippen LogP contribution < -0.4 is 5.14 Å². The molecule has 196 valence electrons. The lowest BCUT2D eigenvalue weighted by Crippen LogP contribution is -2.41. The highest BCUT2D eigenvalue weighted by molar-refractivity contribution is 7.98. The molecule has 2 aliphatic rings. The number of esters is 1. The third-order valence-corrected chi connectivity index (χ3v) is 6.32. The van der Waals surface area contributed by atoms with Crippen LogP contribution in [-0.2, 0) is 23.6 Å². The average Bonchev–Trinajstić information content (AvgIpc) is 2.93. The van der Waals surface area contributed by atoms with Crippen molar-refractivity contribution in [3.8, 4) is 0 Å². The minimum Gasteiger partial charge on any atom is -0.452 e. The lowest BCUT2D eigenvalue weighted by atomic mass is 9.69. The van der Waals surface area contributed by atoms with Crippen molar-refractivity contribution in [2.45, 2.75) is 124 Å². The van der Waals surface area contributed by atoms with E-state index in [2.05, 4.69) is 34.3 Å². The first kappa shape index (κ1) is 32.8. The van der Waals surface area contributed by atoms with E-state index in [-0.39, 0.29) is 34.9 Å². The molecule has 0 aliphatic carbocycles. The zero-order chi connectivity index (χ0) is 27.1. The van der Waals surface area contributed by atoms with Gasteiger partial charge in [-0.25, -0.2) is 4.79 Å². The number of allylic oxidation sites excluding steroid dienone is 3. The Morgan fingerprint density at radius 1 is 1.09 bits per heavy atom. The zero-order valence-electron chi connectivity index (χ0n) is 23.8. The standard InChI is InChI=1S/C20H31BO5.C4H11NS.C2H6/c1-10-14(16-15(11-2)17(22)24-20(8,9)23-16)12-13(3)21-25-18(4,5)19(6,7)26-21;1-4(2,3)6-5;1-2/h10-11,13H,1,12H2,2-9H3;5H2,1-3H3;1-2H3/b15-11+,16-14-;;. The maximum atomic E-state index is 12.3. The first-order valence-electron chi connectivity index (χ1n) is 12.1. The van der Waals surface area contributed by atoms with E-state index in [4.69, 9.17) is 23.9 Å². The maximum Gasteiger partial charge on any atom is 0.461 e. The van der Waals surface area contributed by atoms with Gasteiger partial charge < -0.3 is 18.8 Å². The number of carbonyl (C=O) groups excluding carboxylic acids is 1. The van der Waals surface area contributed by atoms with Gasteiger partial charge in [-0.05, 0) is 73.2 Å². The molecule has 0 radical (unpaired) electrons. The summed E-state index contributed by atoms with van der Waals surface area (Å²) in [5, 5.41) is 5.22. The van der Waals surface area contributed by atoms with Gasteiger partial charge in [-0.2, -0.15) is 0 Å². The first-order valence-corrected chi connectivity index (χ1v) is 13.0. The molecule has 0 aromatic heterocycles. The molecule has 0 bridgehead atoms. The van der Waals surface area contributed by atoms with Gasteiger partial charge in [-0.1, -0.05) is 51.5 Å². The number of hydrogen-bond acceptors (Lipinski definition) is 7. The first-order chi connectivity index (χ1) is 15.4. The summed E-state index contributed by atoms with van der Waals surface area (Å²) in [6.07, 6.45) is 4.04. The van der Waals surface area contributed by atoms with Crippen molar-refractivity contribution in [1.82, 2.24) is 0 Å². The van der Waals surface area contributed by atoms with Crippen LogP contribution in [0.2, 0.25) is 5.82 Å². The van der Waals surface area contributed by atoms with Gasteiger partial charge >= 0.3 is 13.1 Å². The van der Waals surface area contributed by atoms with E-state index >= 15 is 0 Å². The molecule has 6 nitrogen and oxygen atoms in total. The van der Waals surface area contributed by atoms with E-state index < -0.39 is 5.79 Å². The predicted molar refractivity (Wildman–Crippen MR) is 145 cm³/mol. The summed E-state index contributed by atoms with van der Waals surface area (Å²) in [6, 6.07) is 0. The molecule has 2 aliphatic heterocycles. The summed E-state index contributed by atoms with van der Waals surface area (Å²) in [4.78, 5) is 12.3. The fourth-order valence-corrected chi connectivity index (χ4v) is 3.01. The van der Waals surface area contributed by atoms with Crippen molar-refractivity contribution in [3.63, 3.8) is 0 Å². The lowest BCUT2D eigenvalue weighted by Gasteiger charge is -2.34. The second kappa shape index (κ2) is 12.7. The second-order valence-corrected chi connectivity index (χ2v) is 12.1. The summed E-state index contributed by atoms with van der Waals surface area (Å²) in [6.45, 7) is 29.6.